The number of hydrogen-bond donors (Lipinski definition) is 2. The zero-order valence-corrected chi connectivity index (χ0v) is 15.4. The number of aromatic hydroxyl groups is 1. The van der Waals surface area contributed by atoms with Crippen LogP contribution in [0.15, 0.2) is 42.5 Å². The summed E-state index contributed by atoms with van der Waals surface area (Å²) in [5.41, 5.74) is 2.33. The van der Waals surface area contributed by atoms with Crippen molar-refractivity contribution in [2.24, 2.45) is 0 Å². The molecule has 0 unspecified atom stereocenters. The molecule has 8 nitrogen and oxygen atoms in total. The quantitative estimate of drug-likeness (QED) is 0.490. The predicted octanol–water partition coefficient (Wildman–Crippen LogP) is 4.11. The summed E-state index contributed by atoms with van der Waals surface area (Å²) >= 11 is 0. The Morgan fingerprint density at radius 3 is 2.43 bits per heavy atom. The fourth-order valence-electron chi connectivity index (χ4n) is 3.07. The van der Waals surface area contributed by atoms with Gasteiger partial charge < -0.3 is 10.2 Å². The van der Waals surface area contributed by atoms with E-state index in [2.05, 4.69) is 5.10 Å². The molecule has 28 heavy (non-hydrogen) atoms. The molecular weight excluding hydrogens is 362 g/mol. The van der Waals surface area contributed by atoms with E-state index in [0.29, 0.717) is 29.8 Å². The number of phenolic OH excluding ortho intramolecular Hbond substituents is 1. The number of phenols is 1. The number of nitro benzene ring substituents is 1. The molecule has 3 rings (SSSR count). The van der Waals surface area contributed by atoms with Crippen LogP contribution in [0, 0.1) is 17.0 Å². The Morgan fingerprint density at radius 1 is 1.21 bits per heavy atom. The molecular formula is C20H19N3O5. The maximum Gasteiger partial charge on any atom is 0.339 e. The first-order valence-corrected chi connectivity index (χ1v) is 8.73. The van der Waals surface area contributed by atoms with Crippen LogP contribution in [0.25, 0.3) is 16.9 Å². The van der Waals surface area contributed by atoms with Crippen LogP contribution in [0.1, 0.15) is 35.0 Å². The average Bonchev–Trinajstić information content (AvgIpc) is 3.02. The molecule has 0 fully saturated rings. The molecule has 0 atom stereocenters. The Kier molecular flexibility index (Phi) is 5.12. The van der Waals surface area contributed by atoms with Gasteiger partial charge in [-0.1, -0.05) is 31.0 Å². The molecule has 8 heteroatoms. The zero-order chi connectivity index (χ0) is 20.4. The van der Waals surface area contributed by atoms with Crippen LogP contribution in [0.3, 0.4) is 0 Å². The number of nitrogens with zero attached hydrogens (tertiary/aromatic N) is 3. The Morgan fingerprint density at radius 2 is 1.89 bits per heavy atom. The highest BCUT2D eigenvalue weighted by atomic mass is 16.6. The molecule has 0 spiro atoms. The molecule has 1 heterocycles. The molecule has 0 aliphatic carbocycles. The van der Waals surface area contributed by atoms with Crippen LogP contribution in [-0.2, 0) is 6.42 Å². The molecule has 0 aliphatic heterocycles. The Balaban J connectivity index is 2.25. The molecule has 0 bridgehead atoms. The van der Waals surface area contributed by atoms with Crippen LogP contribution in [-0.4, -0.2) is 30.9 Å². The van der Waals surface area contributed by atoms with Crippen molar-refractivity contribution in [2.45, 2.75) is 26.7 Å². The predicted molar refractivity (Wildman–Crippen MR) is 103 cm³/mol. The number of nitro groups is 1. The van der Waals surface area contributed by atoms with Crippen molar-refractivity contribution >= 4 is 11.7 Å². The number of aromatic nitrogens is 2. The molecule has 2 N–H and O–H groups in total. The monoisotopic (exact) mass is 381 g/mol. The molecule has 0 amide bonds. The number of aromatic carboxylic acids is 1. The summed E-state index contributed by atoms with van der Waals surface area (Å²) < 4.78 is 1.58. The molecule has 144 valence electrons. The second-order valence-corrected chi connectivity index (χ2v) is 6.43. The lowest BCUT2D eigenvalue weighted by atomic mass is 10.0. The molecule has 0 saturated carbocycles. The van der Waals surface area contributed by atoms with Gasteiger partial charge in [0, 0.05) is 11.6 Å². The molecule has 1 aromatic heterocycles. The molecule has 2 aromatic carbocycles. The minimum atomic E-state index is -1.14. The number of hydrogen-bond acceptors (Lipinski definition) is 5. The van der Waals surface area contributed by atoms with E-state index in [-0.39, 0.29) is 11.3 Å². The van der Waals surface area contributed by atoms with Gasteiger partial charge in [0.25, 0.3) is 0 Å². The van der Waals surface area contributed by atoms with Crippen LogP contribution in [0.5, 0.6) is 5.75 Å². The first-order valence-electron chi connectivity index (χ1n) is 8.73. The number of carboxylic acids is 1. The molecule has 0 aliphatic rings. The average molecular weight is 381 g/mol. The third-order valence-corrected chi connectivity index (χ3v) is 4.41. The number of carbonyl (C=O) groups is 1. The van der Waals surface area contributed by atoms with Crippen molar-refractivity contribution < 1.29 is 19.9 Å². The van der Waals surface area contributed by atoms with Crippen molar-refractivity contribution in [3.63, 3.8) is 0 Å². The summed E-state index contributed by atoms with van der Waals surface area (Å²) in [4.78, 5) is 22.3. The van der Waals surface area contributed by atoms with Gasteiger partial charge in [0.15, 0.2) is 5.75 Å². The van der Waals surface area contributed by atoms with Crippen molar-refractivity contribution in [3.8, 4) is 22.7 Å². The van der Waals surface area contributed by atoms with Crippen molar-refractivity contribution in [2.75, 3.05) is 0 Å². The van der Waals surface area contributed by atoms with E-state index in [0.717, 1.165) is 11.6 Å². The molecule has 3 aromatic rings. The second-order valence-electron chi connectivity index (χ2n) is 6.43. The largest absolute Gasteiger partial charge is 0.502 e. The highest BCUT2D eigenvalue weighted by molar-refractivity contribution is 5.96. The van der Waals surface area contributed by atoms with E-state index in [1.165, 1.54) is 12.1 Å². The summed E-state index contributed by atoms with van der Waals surface area (Å²) in [6.45, 7) is 3.89. The van der Waals surface area contributed by atoms with E-state index in [4.69, 9.17) is 0 Å². The fourth-order valence-corrected chi connectivity index (χ4v) is 3.07. The van der Waals surface area contributed by atoms with Gasteiger partial charge in [-0.15, -0.1) is 0 Å². The van der Waals surface area contributed by atoms with Gasteiger partial charge in [-0.3, -0.25) is 10.1 Å². The highest BCUT2D eigenvalue weighted by Crippen LogP contribution is 2.34. The molecule has 0 saturated heterocycles. The minimum Gasteiger partial charge on any atom is -0.502 e. The van der Waals surface area contributed by atoms with Gasteiger partial charge in [-0.05, 0) is 37.6 Å². The number of aryl methyl sites for hydroxylation is 1. The van der Waals surface area contributed by atoms with Gasteiger partial charge in [0.2, 0.25) is 0 Å². The Labute approximate surface area is 160 Å². The van der Waals surface area contributed by atoms with Crippen LogP contribution in [0.4, 0.5) is 5.69 Å². The number of benzene rings is 2. The summed E-state index contributed by atoms with van der Waals surface area (Å²) in [6.07, 6.45) is 1.20. The summed E-state index contributed by atoms with van der Waals surface area (Å²) in [7, 11) is 0. The number of rotatable bonds is 6. The second kappa shape index (κ2) is 7.51. The Hall–Kier alpha value is -3.68. The lowest BCUT2D eigenvalue weighted by Crippen LogP contribution is -2.06. The topological polar surface area (TPSA) is 118 Å². The van der Waals surface area contributed by atoms with Crippen LogP contribution < -0.4 is 0 Å². The maximum absolute atomic E-state index is 12.0. The number of carboxylic acid groups (broad SMARTS) is 1. The Bertz CT molecular complexity index is 1050. The van der Waals surface area contributed by atoms with Gasteiger partial charge in [-0.25, -0.2) is 9.48 Å². The normalized spacial score (nSPS) is 10.8. The highest BCUT2D eigenvalue weighted by Gasteiger charge is 2.26. The smallest absolute Gasteiger partial charge is 0.339 e. The van der Waals surface area contributed by atoms with E-state index >= 15 is 0 Å². The van der Waals surface area contributed by atoms with Crippen molar-refractivity contribution in [3.05, 3.63) is 69.4 Å². The van der Waals surface area contributed by atoms with Crippen molar-refractivity contribution in [1.29, 1.82) is 0 Å². The molecule has 0 radical (unpaired) electrons. The van der Waals surface area contributed by atoms with Gasteiger partial charge in [0.05, 0.1) is 16.3 Å². The summed E-state index contributed by atoms with van der Waals surface area (Å²) in [5.74, 6) is -1.68. The summed E-state index contributed by atoms with van der Waals surface area (Å²) in [6, 6.07) is 11.2. The van der Waals surface area contributed by atoms with E-state index in [9.17, 15) is 25.1 Å². The summed E-state index contributed by atoms with van der Waals surface area (Å²) in [5, 5.41) is 35.2. The lowest BCUT2D eigenvalue weighted by Gasteiger charge is -2.07. The zero-order valence-electron chi connectivity index (χ0n) is 15.4. The van der Waals surface area contributed by atoms with Gasteiger partial charge in [-0.2, -0.15) is 5.10 Å². The fraction of sp³-hybridized carbons (Fsp3) is 0.200. The third-order valence-electron chi connectivity index (χ3n) is 4.41. The van der Waals surface area contributed by atoms with Gasteiger partial charge in [0.1, 0.15) is 11.3 Å². The first kappa shape index (κ1) is 19.1. The van der Waals surface area contributed by atoms with E-state index in [1.807, 2.05) is 38.1 Å². The van der Waals surface area contributed by atoms with E-state index < -0.39 is 22.3 Å². The lowest BCUT2D eigenvalue weighted by molar-refractivity contribution is -0.385. The third kappa shape index (κ3) is 3.44. The minimum absolute atomic E-state index is 0.0238. The van der Waals surface area contributed by atoms with Crippen LogP contribution in [0.2, 0.25) is 0 Å². The first-order chi connectivity index (χ1) is 13.3. The SMILES string of the molecule is CCCc1c(C(=O)O)c(-c2ccc([N+](=O)[O-])c(O)c2)nn1-c1ccc(C)cc1. The van der Waals surface area contributed by atoms with E-state index in [1.54, 1.807) is 4.68 Å². The van der Waals surface area contributed by atoms with Crippen LogP contribution >= 0.6 is 0 Å². The van der Waals surface area contributed by atoms with Crippen molar-refractivity contribution in [1.82, 2.24) is 9.78 Å². The standard InChI is InChI=1S/C20H19N3O5/c1-3-4-16-18(20(25)26)19(13-7-10-15(23(27)28)17(24)11-13)21-22(16)14-8-5-12(2)6-9-14/h5-11,24H,3-4H2,1-2H3,(H,25,26). The van der Waals surface area contributed by atoms with Gasteiger partial charge >= 0.3 is 11.7 Å². The maximum atomic E-state index is 12.0.